The first-order valence-electron chi connectivity index (χ1n) is 11.7. The van der Waals surface area contributed by atoms with Crippen LogP contribution < -0.4 is 30.9 Å². The van der Waals surface area contributed by atoms with E-state index in [2.05, 4.69) is 55.7 Å². The van der Waals surface area contributed by atoms with Crippen LogP contribution in [0.25, 0.3) is 0 Å². The largest absolute Gasteiger partial charge is 0.494 e. The second-order valence-corrected chi connectivity index (χ2v) is 8.75. The van der Waals surface area contributed by atoms with Crippen molar-refractivity contribution in [3.63, 3.8) is 0 Å². The number of piperazine rings is 1. The van der Waals surface area contributed by atoms with Gasteiger partial charge in [0.05, 0.1) is 19.0 Å². The second kappa shape index (κ2) is 11.7. The van der Waals surface area contributed by atoms with Gasteiger partial charge in [-0.05, 0) is 42.3 Å². The van der Waals surface area contributed by atoms with Crippen LogP contribution in [-0.2, 0) is 11.3 Å². The highest BCUT2D eigenvalue weighted by Crippen LogP contribution is 2.35. The molecule has 3 aromatic rings. The summed E-state index contributed by atoms with van der Waals surface area (Å²) >= 11 is 6.36. The molecule has 0 saturated carbocycles. The Morgan fingerprint density at radius 2 is 2.08 bits per heavy atom. The summed E-state index contributed by atoms with van der Waals surface area (Å²) in [6.45, 7) is 9.85. The lowest BCUT2D eigenvalue weighted by Gasteiger charge is -2.31. The summed E-state index contributed by atoms with van der Waals surface area (Å²) in [4.78, 5) is 22.8. The number of aromatic nitrogens is 2. The van der Waals surface area contributed by atoms with Gasteiger partial charge < -0.3 is 30.9 Å². The molecule has 4 N–H and O–H groups in total. The molecule has 0 atom stereocenters. The van der Waals surface area contributed by atoms with Gasteiger partial charge in [0.15, 0.2) is 5.82 Å². The van der Waals surface area contributed by atoms with Gasteiger partial charge in [0.1, 0.15) is 10.8 Å². The molecule has 1 aliphatic rings. The number of rotatable bonds is 9. The van der Waals surface area contributed by atoms with Crippen LogP contribution in [-0.4, -0.2) is 49.2 Å². The van der Waals surface area contributed by atoms with E-state index in [1.165, 1.54) is 6.08 Å². The fourth-order valence-electron chi connectivity index (χ4n) is 4.00. The Bertz CT molecular complexity index is 1240. The minimum Gasteiger partial charge on any atom is -0.494 e. The molecular formula is C26H30ClN7O2. The number of carbonyl (C=O) groups excluding carboxylic acids is 1. The molecule has 10 heteroatoms. The van der Waals surface area contributed by atoms with Crippen molar-refractivity contribution in [2.24, 2.45) is 0 Å². The lowest BCUT2D eigenvalue weighted by atomic mass is 10.1. The summed E-state index contributed by atoms with van der Waals surface area (Å²) < 4.78 is 5.67. The molecule has 0 spiro atoms. The van der Waals surface area contributed by atoms with Crippen LogP contribution in [0, 0.1) is 6.92 Å². The highest BCUT2D eigenvalue weighted by molar-refractivity contribution is 6.32. The Balaban J connectivity index is 1.49. The molecule has 4 rings (SSSR count). The third-order valence-electron chi connectivity index (χ3n) is 5.81. The molecule has 188 valence electrons. The Morgan fingerprint density at radius 3 is 2.83 bits per heavy atom. The van der Waals surface area contributed by atoms with Crippen LogP contribution in [0.2, 0.25) is 5.02 Å². The first kappa shape index (κ1) is 25.3. The minimum atomic E-state index is -0.263. The predicted octanol–water partition coefficient (Wildman–Crippen LogP) is 4.34. The Labute approximate surface area is 215 Å². The molecule has 9 nitrogen and oxygen atoms in total. The summed E-state index contributed by atoms with van der Waals surface area (Å²) in [7, 11) is 1.65. The number of benzene rings is 2. The smallest absolute Gasteiger partial charge is 0.247 e. The topological polar surface area (TPSA) is 103 Å². The first-order valence-corrected chi connectivity index (χ1v) is 12.0. The number of methoxy groups -OCH3 is 1. The molecule has 36 heavy (non-hydrogen) atoms. The predicted molar refractivity (Wildman–Crippen MR) is 146 cm³/mol. The average Bonchev–Trinajstić information content (AvgIpc) is 2.89. The van der Waals surface area contributed by atoms with Crippen LogP contribution in [0.4, 0.5) is 28.8 Å². The van der Waals surface area contributed by atoms with Gasteiger partial charge in [-0.2, -0.15) is 4.98 Å². The molecule has 1 aliphatic heterocycles. The number of halogens is 1. The number of amides is 1. The molecule has 0 bridgehead atoms. The van der Waals surface area contributed by atoms with Crippen LogP contribution in [0.15, 0.2) is 55.3 Å². The van der Waals surface area contributed by atoms with Crippen molar-refractivity contribution >= 4 is 46.3 Å². The molecule has 1 aromatic heterocycles. The monoisotopic (exact) mass is 507 g/mol. The average molecular weight is 508 g/mol. The third kappa shape index (κ3) is 6.24. The van der Waals surface area contributed by atoms with Crippen LogP contribution in [0.5, 0.6) is 5.75 Å². The van der Waals surface area contributed by atoms with E-state index in [0.29, 0.717) is 34.8 Å². The summed E-state index contributed by atoms with van der Waals surface area (Å²) in [6, 6.07) is 11.6. The summed E-state index contributed by atoms with van der Waals surface area (Å²) in [5.74, 6) is 1.33. The molecule has 1 fully saturated rings. The van der Waals surface area contributed by atoms with Crippen molar-refractivity contribution in [1.82, 2.24) is 15.3 Å². The quantitative estimate of drug-likeness (QED) is 0.317. The Hall–Kier alpha value is -3.82. The van der Waals surface area contributed by atoms with Crippen LogP contribution >= 0.6 is 11.6 Å². The van der Waals surface area contributed by atoms with Crippen molar-refractivity contribution in [3.05, 3.63) is 71.4 Å². The molecule has 1 saturated heterocycles. The number of anilines is 5. The lowest BCUT2D eigenvalue weighted by Crippen LogP contribution is -2.43. The number of carbonyl (C=O) groups is 1. The van der Waals surface area contributed by atoms with Crippen LogP contribution in [0.1, 0.15) is 11.1 Å². The maximum absolute atomic E-state index is 11.6. The Morgan fingerprint density at radius 1 is 1.28 bits per heavy atom. The normalized spacial score (nSPS) is 13.1. The number of ether oxygens (including phenoxy) is 1. The van der Waals surface area contributed by atoms with E-state index in [0.717, 1.165) is 48.7 Å². The summed E-state index contributed by atoms with van der Waals surface area (Å²) in [5.41, 5.74) is 4.69. The van der Waals surface area contributed by atoms with Gasteiger partial charge in [-0.1, -0.05) is 30.3 Å². The highest BCUT2D eigenvalue weighted by Gasteiger charge is 2.17. The molecular weight excluding hydrogens is 478 g/mol. The van der Waals surface area contributed by atoms with Gasteiger partial charge in [-0.15, -0.1) is 0 Å². The van der Waals surface area contributed by atoms with Crippen molar-refractivity contribution in [2.45, 2.75) is 13.5 Å². The number of nitrogens with one attached hydrogen (secondary N) is 4. The number of nitrogens with zero attached hydrogens (tertiary/aromatic N) is 3. The fourth-order valence-corrected chi connectivity index (χ4v) is 4.16. The van der Waals surface area contributed by atoms with Crippen molar-refractivity contribution < 1.29 is 9.53 Å². The molecule has 0 radical (unpaired) electrons. The van der Waals surface area contributed by atoms with E-state index < -0.39 is 0 Å². The fraction of sp³-hybridized carbons (Fsp3) is 0.269. The highest BCUT2D eigenvalue weighted by atomic mass is 35.5. The van der Waals surface area contributed by atoms with E-state index in [-0.39, 0.29) is 5.91 Å². The maximum atomic E-state index is 11.6. The molecule has 2 heterocycles. The van der Waals surface area contributed by atoms with Gasteiger partial charge >= 0.3 is 0 Å². The molecule has 2 aromatic carbocycles. The number of hydrogen-bond donors (Lipinski definition) is 4. The SMILES string of the molecule is C=CC(=O)Nc1cccc(CNc2nc(Nc3cc(C)c(N4CCNCC4)cc3OC)ncc2Cl)c1. The molecule has 0 unspecified atom stereocenters. The van der Waals surface area contributed by atoms with E-state index in [1.807, 2.05) is 30.3 Å². The van der Waals surface area contributed by atoms with Gasteiger partial charge in [-0.3, -0.25) is 4.79 Å². The van der Waals surface area contributed by atoms with Crippen molar-refractivity contribution in [1.29, 1.82) is 0 Å². The summed E-state index contributed by atoms with van der Waals surface area (Å²) in [6.07, 6.45) is 2.78. The molecule has 0 aliphatic carbocycles. The second-order valence-electron chi connectivity index (χ2n) is 8.34. The zero-order valence-electron chi connectivity index (χ0n) is 20.4. The zero-order chi connectivity index (χ0) is 25.5. The van der Waals surface area contributed by atoms with Gasteiger partial charge in [0.25, 0.3) is 0 Å². The number of hydrogen-bond acceptors (Lipinski definition) is 8. The van der Waals surface area contributed by atoms with E-state index in [1.54, 1.807) is 13.3 Å². The van der Waals surface area contributed by atoms with Gasteiger partial charge in [0, 0.05) is 50.2 Å². The number of aryl methyl sites for hydroxylation is 1. The van der Waals surface area contributed by atoms with E-state index >= 15 is 0 Å². The van der Waals surface area contributed by atoms with E-state index in [9.17, 15) is 4.79 Å². The summed E-state index contributed by atoms with van der Waals surface area (Å²) in [5, 5.41) is 13.0. The van der Waals surface area contributed by atoms with Crippen molar-refractivity contribution in [2.75, 3.05) is 54.1 Å². The Kier molecular flexibility index (Phi) is 8.24. The standard InChI is InChI=1S/C26H30ClN7O2/c1-4-24(35)31-19-7-5-6-18(13-19)15-29-25-20(27)16-30-26(33-25)32-21-12-17(2)22(14-23(21)36-3)34-10-8-28-9-11-34/h4-7,12-14,16,28H,1,8-11,15H2,2-3H3,(H,31,35)(H2,29,30,32,33). The van der Waals surface area contributed by atoms with Crippen molar-refractivity contribution in [3.8, 4) is 5.75 Å². The third-order valence-corrected chi connectivity index (χ3v) is 6.08. The van der Waals surface area contributed by atoms with Gasteiger partial charge in [0.2, 0.25) is 11.9 Å². The van der Waals surface area contributed by atoms with E-state index in [4.69, 9.17) is 16.3 Å². The molecule has 1 amide bonds. The van der Waals surface area contributed by atoms with Crippen LogP contribution in [0.3, 0.4) is 0 Å². The first-order chi connectivity index (χ1) is 17.5. The lowest BCUT2D eigenvalue weighted by molar-refractivity contribution is -0.111. The maximum Gasteiger partial charge on any atom is 0.247 e. The van der Waals surface area contributed by atoms with Gasteiger partial charge in [-0.25, -0.2) is 4.98 Å². The minimum absolute atomic E-state index is 0.263. The zero-order valence-corrected chi connectivity index (χ0v) is 21.2.